The molecular weight excluding hydrogens is 218 g/mol. The number of anilines is 1. The first kappa shape index (κ1) is 12.8. The van der Waals surface area contributed by atoms with Gasteiger partial charge in [-0.05, 0) is 25.5 Å². The fourth-order valence-corrected chi connectivity index (χ4v) is 1.41. The molecule has 0 radical (unpaired) electrons. The summed E-state index contributed by atoms with van der Waals surface area (Å²) in [6.45, 7) is 4.94. The zero-order chi connectivity index (χ0) is 13.0. The Hall–Kier alpha value is -2.26. The number of amides is 1. The van der Waals surface area contributed by atoms with Gasteiger partial charge in [0.15, 0.2) is 0 Å². The zero-order valence-electron chi connectivity index (χ0n) is 9.94. The van der Waals surface area contributed by atoms with Crippen molar-refractivity contribution in [2.24, 2.45) is 0 Å². The monoisotopic (exact) mass is 231 g/mol. The van der Waals surface area contributed by atoms with Crippen molar-refractivity contribution in [1.29, 1.82) is 0 Å². The van der Waals surface area contributed by atoms with Gasteiger partial charge in [-0.2, -0.15) is 4.79 Å². The minimum Gasteiger partial charge on any atom is -0.360 e. The number of ketones is 1. The van der Waals surface area contributed by atoms with E-state index < -0.39 is 17.4 Å². The predicted molar refractivity (Wildman–Crippen MR) is 63.9 cm³/mol. The molecule has 0 fully saturated rings. The lowest BCUT2D eigenvalue weighted by Gasteiger charge is -2.06. The average molecular weight is 231 g/mol. The molecule has 1 amide bonds. The van der Waals surface area contributed by atoms with Gasteiger partial charge in [0.2, 0.25) is 5.78 Å². The number of benzene rings is 1. The summed E-state index contributed by atoms with van der Waals surface area (Å²) >= 11 is 0. The Labute approximate surface area is 99.1 Å². The normalized spacial score (nSPS) is 9.35. The molecule has 0 saturated heterocycles. The number of aryl methyl sites for hydroxylation is 2. The van der Waals surface area contributed by atoms with Gasteiger partial charge < -0.3 is 10.8 Å². The van der Waals surface area contributed by atoms with Gasteiger partial charge >= 0.3 is 11.6 Å². The molecule has 1 aromatic rings. The Balaban J connectivity index is 2.96. The third-order valence-corrected chi connectivity index (χ3v) is 2.28. The highest BCUT2D eigenvalue weighted by Gasteiger charge is 2.25. The smallest absolute Gasteiger partial charge is 0.360 e. The standard InChI is InChI=1S/C12H13N3O2/c1-7-4-5-10(8(2)6-7)14-12(17)11(15-13)9(3)16/h4-6H,1-3H3,(H,14,17). The van der Waals surface area contributed by atoms with Crippen molar-refractivity contribution >= 4 is 23.1 Å². The van der Waals surface area contributed by atoms with Crippen molar-refractivity contribution in [3.8, 4) is 0 Å². The highest BCUT2D eigenvalue weighted by atomic mass is 16.2. The summed E-state index contributed by atoms with van der Waals surface area (Å²) in [6, 6.07) is 5.48. The van der Waals surface area contributed by atoms with E-state index in [1.807, 2.05) is 26.0 Å². The second-order valence-electron chi connectivity index (χ2n) is 3.78. The highest BCUT2D eigenvalue weighted by Crippen LogP contribution is 2.15. The maximum atomic E-state index is 11.6. The zero-order valence-corrected chi connectivity index (χ0v) is 9.94. The number of nitrogens with one attached hydrogen (secondary N) is 1. The summed E-state index contributed by atoms with van der Waals surface area (Å²) in [5.41, 5.74) is 10.6. The molecule has 0 spiro atoms. The average Bonchev–Trinajstić information content (AvgIpc) is 2.22. The van der Waals surface area contributed by atoms with E-state index in [4.69, 9.17) is 5.53 Å². The molecule has 0 atom stereocenters. The fraction of sp³-hybridized carbons (Fsp3) is 0.250. The van der Waals surface area contributed by atoms with Crippen LogP contribution in [-0.2, 0) is 9.59 Å². The van der Waals surface area contributed by atoms with Crippen LogP contribution < -0.4 is 5.32 Å². The van der Waals surface area contributed by atoms with Crippen LogP contribution in [-0.4, -0.2) is 22.2 Å². The Bertz CT molecular complexity index is 529. The first-order chi connectivity index (χ1) is 7.95. The summed E-state index contributed by atoms with van der Waals surface area (Å²) in [4.78, 5) is 25.3. The molecule has 1 N–H and O–H groups in total. The third-order valence-electron chi connectivity index (χ3n) is 2.28. The van der Waals surface area contributed by atoms with Crippen molar-refractivity contribution in [2.45, 2.75) is 20.8 Å². The van der Waals surface area contributed by atoms with Crippen LogP contribution in [0.3, 0.4) is 0 Å². The summed E-state index contributed by atoms with van der Waals surface area (Å²) in [5.74, 6) is -1.30. The van der Waals surface area contributed by atoms with Crippen molar-refractivity contribution < 1.29 is 14.4 Å². The Morgan fingerprint density at radius 1 is 1.29 bits per heavy atom. The number of carbonyl (C=O) groups excluding carboxylic acids is 2. The van der Waals surface area contributed by atoms with Gasteiger partial charge in [-0.1, -0.05) is 17.7 Å². The molecule has 0 unspecified atom stereocenters. The SMILES string of the molecule is CC(=O)C(=[N+]=[N-])C(=O)Nc1ccc(C)cc1C. The summed E-state index contributed by atoms with van der Waals surface area (Å²) in [6.07, 6.45) is 0. The van der Waals surface area contributed by atoms with E-state index in [9.17, 15) is 9.59 Å². The molecule has 0 bridgehead atoms. The highest BCUT2D eigenvalue weighted by molar-refractivity contribution is 6.65. The maximum Gasteiger partial charge on any atom is 0.421 e. The lowest BCUT2D eigenvalue weighted by atomic mass is 10.1. The number of rotatable bonds is 3. The summed E-state index contributed by atoms with van der Waals surface area (Å²) in [7, 11) is 0. The first-order valence-electron chi connectivity index (χ1n) is 5.07. The second kappa shape index (κ2) is 5.18. The van der Waals surface area contributed by atoms with E-state index in [0.717, 1.165) is 18.1 Å². The molecule has 17 heavy (non-hydrogen) atoms. The molecular formula is C12H13N3O2. The van der Waals surface area contributed by atoms with E-state index in [0.29, 0.717) is 5.69 Å². The molecule has 0 heterocycles. The quantitative estimate of drug-likeness (QED) is 0.370. The van der Waals surface area contributed by atoms with Crippen LogP contribution >= 0.6 is 0 Å². The second-order valence-corrected chi connectivity index (χ2v) is 3.78. The van der Waals surface area contributed by atoms with Gasteiger partial charge in [-0.3, -0.25) is 9.59 Å². The molecule has 1 aromatic carbocycles. The van der Waals surface area contributed by atoms with Crippen LogP contribution in [0.4, 0.5) is 5.69 Å². The molecule has 0 aliphatic rings. The maximum absolute atomic E-state index is 11.6. The van der Waals surface area contributed by atoms with Crippen LogP contribution in [0.5, 0.6) is 0 Å². The lowest BCUT2D eigenvalue weighted by molar-refractivity contribution is -0.121. The Morgan fingerprint density at radius 3 is 2.41 bits per heavy atom. The van der Waals surface area contributed by atoms with Crippen LogP contribution in [0.25, 0.3) is 5.53 Å². The Kier molecular flexibility index (Phi) is 3.91. The molecule has 5 heteroatoms. The van der Waals surface area contributed by atoms with Gasteiger partial charge in [0.1, 0.15) is 0 Å². The molecule has 0 aliphatic heterocycles. The Morgan fingerprint density at radius 2 is 1.94 bits per heavy atom. The number of hydrogen-bond acceptors (Lipinski definition) is 2. The molecule has 5 nitrogen and oxygen atoms in total. The minimum absolute atomic E-state index is 0.509. The molecule has 0 aliphatic carbocycles. The first-order valence-corrected chi connectivity index (χ1v) is 5.07. The van der Waals surface area contributed by atoms with Crippen molar-refractivity contribution in [3.05, 3.63) is 34.9 Å². The van der Waals surface area contributed by atoms with Crippen LogP contribution in [0.2, 0.25) is 0 Å². The van der Waals surface area contributed by atoms with Crippen LogP contribution in [0.15, 0.2) is 18.2 Å². The predicted octanol–water partition coefficient (Wildman–Crippen LogP) is 1.50. The van der Waals surface area contributed by atoms with E-state index >= 15 is 0 Å². The van der Waals surface area contributed by atoms with E-state index in [1.54, 1.807) is 6.07 Å². The number of carbonyl (C=O) groups is 2. The minimum atomic E-state index is -0.716. The van der Waals surface area contributed by atoms with E-state index in [1.165, 1.54) is 0 Å². The van der Waals surface area contributed by atoms with Crippen molar-refractivity contribution in [2.75, 3.05) is 5.32 Å². The van der Waals surface area contributed by atoms with Crippen molar-refractivity contribution in [1.82, 2.24) is 0 Å². The van der Waals surface area contributed by atoms with E-state index in [2.05, 4.69) is 10.1 Å². The number of hydrogen-bond donors (Lipinski definition) is 1. The fourth-order valence-electron chi connectivity index (χ4n) is 1.41. The van der Waals surface area contributed by atoms with Crippen LogP contribution in [0, 0.1) is 13.8 Å². The molecule has 1 rings (SSSR count). The van der Waals surface area contributed by atoms with Crippen molar-refractivity contribution in [3.63, 3.8) is 0 Å². The largest absolute Gasteiger partial charge is 0.421 e. The number of nitrogens with zero attached hydrogens (tertiary/aromatic N) is 2. The number of Topliss-reactive ketones (excluding diaryl/α,β-unsaturated/α-hetero) is 1. The molecule has 0 saturated carbocycles. The van der Waals surface area contributed by atoms with Gasteiger partial charge in [-0.25, -0.2) is 0 Å². The molecule has 88 valence electrons. The summed E-state index contributed by atoms with van der Waals surface area (Å²) < 4.78 is 0. The van der Waals surface area contributed by atoms with Crippen LogP contribution in [0.1, 0.15) is 18.1 Å². The summed E-state index contributed by atoms with van der Waals surface area (Å²) in [5, 5.41) is 2.52. The topological polar surface area (TPSA) is 82.6 Å². The van der Waals surface area contributed by atoms with E-state index in [-0.39, 0.29) is 0 Å². The lowest BCUT2D eigenvalue weighted by Crippen LogP contribution is -2.29. The van der Waals surface area contributed by atoms with Gasteiger partial charge in [0.05, 0.1) is 0 Å². The third kappa shape index (κ3) is 3.09. The van der Waals surface area contributed by atoms with Gasteiger partial charge in [0, 0.05) is 12.6 Å². The van der Waals surface area contributed by atoms with Gasteiger partial charge in [0.25, 0.3) is 0 Å². The van der Waals surface area contributed by atoms with Gasteiger partial charge in [-0.15, -0.1) is 0 Å². The molecule has 0 aromatic heterocycles.